The Balaban J connectivity index is 2.97. The lowest BCUT2D eigenvalue weighted by Gasteiger charge is -2.32. The molecule has 19 heavy (non-hydrogen) atoms. The van der Waals surface area contributed by atoms with Gasteiger partial charge in [-0.05, 0) is 29.5 Å². The summed E-state index contributed by atoms with van der Waals surface area (Å²) in [6.45, 7) is 7.95. The van der Waals surface area contributed by atoms with Gasteiger partial charge in [0.05, 0.1) is 12.1 Å². The second-order valence-electron chi connectivity index (χ2n) is 5.87. The van der Waals surface area contributed by atoms with E-state index >= 15 is 0 Å². The van der Waals surface area contributed by atoms with Crippen LogP contribution in [-0.4, -0.2) is 11.9 Å². The van der Waals surface area contributed by atoms with Crippen molar-refractivity contribution in [2.24, 2.45) is 11.1 Å². The maximum Gasteiger partial charge on any atom is 0.237 e. The van der Waals surface area contributed by atoms with E-state index in [1.165, 1.54) is 12.1 Å². The highest BCUT2D eigenvalue weighted by molar-refractivity contribution is 5.81. The number of carbonyl (C=O) groups is 1. The van der Waals surface area contributed by atoms with Crippen molar-refractivity contribution < 1.29 is 9.18 Å². The minimum atomic E-state index is -0.509. The van der Waals surface area contributed by atoms with Gasteiger partial charge < -0.3 is 11.1 Å². The summed E-state index contributed by atoms with van der Waals surface area (Å²) in [6, 6.07) is 5.50. The summed E-state index contributed by atoms with van der Waals surface area (Å²) in [7, 11) is 0. The predicted molar refractivity (Wildman–Crippen MR) is 75.0 cm³/mol. The first kappa shape index (κ1) is 15.6. The first-order valence-electron chi connectivity index (χ1n) is 6.57. The second-order valence-corrected chi connectivity index (χ2v) is 5.87. The summed E-state index contributed by atoms with van der Waals surface area (Å²) in [4.78, 5) is 12.0. The lowest BCUT2D eigenvalue weighted by molar-refractivity contribution is -0.124. The maximum atomic E-state index is 13.0. The van der Waals surface area contributed by atoms with Crippen molar-refractivity contribution in [3.8, 4) is 0 Å². The number of hydrogen-bond acceptors (Lipinski definition) is 2. The van der Waals surface area contributed by atoms with Crippen LogP contribution in [0.3, 0.4) is 0 Å². The quantitative estimate of drug-likeness (QED) is 0.880. The number of amides is 1. The first-order chi connectivity index (χ1) is 8.75. The summed E-state index contributed by atoms with van der Waals surface area (Å²) in [5.41, 5.74) is 6.44. The van der Waals surface area contributed by atoms with Crippen molar-refractivity contribution in [2.45, 2.75) is 46.2 Å². The standard InChI is InChI=1S/C15H23FN2O/c1-5-12(17)14(19)18-13(15(2,3)4)10-6-8-11(16)9-7-10/h6-9,12-13H,5,17H2,1-4H3,(H,18,19). The molecule has 0 fully saturated rings. The van der Waals surface area contributed by atoms with Gasteiger partial charge in [-0.2, -0.15) is 0 Å². The number of nitrogens with one attached hydrogen (secondary N) is 1. The van der Waals surface area contributed by atoms with Crippen molar-refractivity contribution in [2.75, 3.05) is 0 Å². The summed E-state index contributed by atoms with van der Waals surface area (Å²) >= 11 is 0. The molecule has 3 N–H and O–H groups in total. The first-order valence-corrected chi connectivity index (χ1v) is 6.57. The maximum absolute atomic E-state index is 13.0. The molecular formula is C15H23FN2O. The normalized spacial score (nSPS) is 14.8. The Kier molecular flexibility index (Phi) is 5.06. The SMILES string of the molecule is CCC(N)C(=O)NC(c1ccc(F)cc1)C(C)(C)C. The van der Waals surface area contributed by atoms with E-state index in [0.29, 0.717) is 6.42 Å². The van der Waals surface area contributed by atoms with Gasteiger partial charge >= 0.3 is 0 Å². The molecule has 3 nitrogen and oxygen atoms in total. The summed E-state index contributed by atoms with van der Waals surface area (Å²) in [5, 5.41) is 2.96. The molecule has 0 spiro atoms. The fourth-order valence-electron chi connectivity index (χ4n) is 1.89. The molecule has 0 bridgehead atoms. The molecule has 0 aromatic heterocycles. The van der Waals surface area contributed by atoms with Gasteiger partial charge in [-0.1, -0.05) is 39.8 Å². The summed E-state index contributed by atoms with van der Waals surface area (Å²) < 4.78 is 13.0. The number of hydrogen-bond donors (Lipinski definition) is 2. The zero-order chi connectivity index (χ0) is 14.6. The Labute approximate surface area is 114 Å². The molecule has 106 valence electrons. The lowest BCUT2D eigenvalue weighted by atomic mass is 9.82. The van der Waals surface area contributed by atoms with E-state index in [9.17, 15) is 9.18 Å². The third kappa shape index (κ3) is 4.31. The topological polar surface area (TPSA) is 55.1 Å². The third-order valence-corrected chi connectivity index (χ3v) is 3.13. The number of benzene rings is 1. The van der Waals surface area contributed by atoms with Crippen molar-refractivity contribution >= 4 is 5.91 Å². The lowest BCUT2D eigenvalue weighted by Crippen LogP contribution is -2.45. The smallest absolute Gasteiger partial charge is 0.237 e. The minimum absolute atomic E-state index is 0.174. The highest BCUT2D eigenvalue weighted by atomic mass is 19.1. The average molecular weight is 266 g/mol. The van der Waals surface area contributed by atoms with Gasteiger partial charge in [0.1, 0.15) is 5.82 Å². The highest BCUT2D eigenvalue weighted by Gasteiger charge is 2.29. The Hall–Kier alpha value is -1.42. The zero-order valence-corrected chi connectivity index (χ0v) is 12.0. The average Bonchev–Trinajstić information content (AvgIpc) is 2.34. The van der Waals surface area contributed by atoms with Gasteiger partial charge in [0.2, 0.25) is 5.91 Å². The molecule has 1 amide bonds. The van der Waals surface area contributed by atoms with Crippen LogP contribution in [0.4, 0.5) is 4.39 Å². The molecule has 0 aliphatic rings. The van der Waals surface area contributed by atoms with Crippen LogP contribution in [0.1, 0.15) is 45.7 Å². The van der Waals surface area contributed by atoms with E-state index in [1.54, 1.807) is 12.1 Å². The number of carbonyl (C=O) groups excluding carboxylic acids is 1. The van der Waals surface area contributed by atoms with Crippen LogP contribution >= 0.6 is 0 Å². The molecule has 0 radical (unpaired) electrons. The van der Waals surface area contributed by atoms with Crippen LogP contribution in [0.5, 0.6) is 0 Å². The molecule has 0 saturated heterocycles. The number of rotatable bonds is 4. The van der Waals surface area contributed by atoms with Gasteiger partial charge in [-0.3, -0.25) is 4.79 Å². The summed E-state index contributed by atoms with van der Waals surface area (Å²) in [6.07, 6.45) is 0.589. The van der Waals surface area contributed by atoms with Crippen LogP contribution in [0.15, 0.2) is 24.3 Å². The van der Waals surface area contributed by atoms with Gasteiger partial charge in [-0.15, -0.1) is 0 Å². The molecule has 0 saturated carbocycles. The molecule has 2 atom stereocenters. The Morgan fingerprint density at radius 3 is 2.26 bits per heavy atom. The Bertz CT molecular complexity index is 423. The fourth-order valence-corrected chi connectivity index (χ4v) is 1.89. The second kappa shape index (κ2) is 6.15. The Morgan fingerprint density at radius 2 is 1.84 bits per heavy atom. The molecule has 1 aromatic carbocycles. The summed E-state index contributed by atoms with van der Waals surface area (Å²) in [5.74, 6) is -0.459. The van der Waals surface area contributed by atoms with Gasteiger partial charge in [0.25, 0.3) is 0 Å². The van der Waals surface area contributed by atoms with Crippen molar-refractivity contribution in [1.29, 1.82) is 0 Å². The van der Waals surface area contributed by atoms with E-state index in [0.717, 1.165) is 5.56 Å². The van der Waals surface area contributed by atoms with Crippen LogP contribution < -0.4 is 11.1 Å². The predicted octanol–water partition coefficient (Wildman–Crippen LogP) is 2.77. The molecule has 1 rings (SSSR count). The van der Waals surface area contributed by atoms with Crippen molar-refractivity contribution in [3.63, 3.8) is 0 Å². The number of nitrogens with two attached hydrogens (primary N) is 1. The van der Waals surface area contributed by atoms with E-state index in [1.807, 2.05) is 27.7 Å². The van der Waals surface area contributed by atoms with E-state index in [4.69, 9.17) is 5.73 Å². The highest BCUT2D eigenvalue weighted by Crippen LogP contribution is 2.32. The molecule has 1 aromatic rings. The molecule has 0 heterocycles. The minimum Gasteiger partial charge on any atom is -0.347 e. The Morgan fingerprint density at radius 1 is 1.32 bits per heavy atom. The van der Waals surface area contributed by atoms with E-state index in [2.05, 4.69) is 5.32 Å². The van der Waals surface area contributed by atoms with Crippen molar-refractivity contribution in [3.05, 3.63) is 35.6 Å². The van der Waals surface area contributed by atoms with Crippen LogP contribution in [0.25, 0.3) is 0 Å². The monoisotopic (exact) mass is 266 g/mol. The fraction of sp³-hybridized carbons (Fsp3) is 0.533. The van der Waals surface area contributed by atoms with Crippen LogP contribution in [0, 0.1) is 11.2 Å². The van der Waals surface area contributed by atoms with Gasteiger partial charge in [0.15, 0.2) is 0 Å². The molecule has 2 unspecified atom stereocenters. The molecular weight excluding hydrogens is 243 g/mol. The molecule has 0 aliphatic heterocycles. The largest absolute Gasteiger partial charge is 0.347 e. The van der Waals surface area contributed by atoms with E-state index < -0.39 is 6.04 Å². The molecule has 0 aliphatic carbocycles. The van der Waals surface area contributed by atoms with Crippen molar-refractivity contribution in [1.82, 2.24) is 5.32 Å². The number of halogens is 1. The van der Waals surface area contributed by atoms with Crippen LogP contribution in [-0.2, 0) is 4.79 Å². The van der Waals surface area contributed by atoms with Gasteiger partial charge in [0, 0.05) is 0 Å². The zero-order valence-electron chi connectivity index (χ0n) is 12.0. The van der Waals surface area contributed by atoms with Crippen LogP contribution in [0.2, 0.25) is 0 Å². The van der Waals surface area contributed by atoms with E-state index in [-0.39, 0.29) is 23.2 Å². The molecule has 4 heteroatoms. The third-order valence-electron chi connectivity index (χ3n) is 3.13. The van der Waals surface area contributed by atoms with Gasteiger partial charge in [-0.25, -0.2) is 4.39 Å².